The van der Waals surface area contributed by atoms with E-state index in [4.69, 9.17) is 9.47 Å². The van der Waals surface area contributed by atoms with E-state index >= 15 is 0 Å². The number of carbonyl (C=O) groups excluding carboxylic acids is 1. The Morgan fingerprint density at radius 1 is 1.28 bits per heavy atom. The van der Waals surface area contributed by atoms with Crippen LogP contribution in [0.4, 0.5) is 4.79 Å². The van der Waals surface area contributed by atoms with Crippen molar-refractivity contribution in [3.05, 3.63) is 35.2 Å². The zero-order chi connectivity index (χ0) is 25.4. The molecular weight excluding hydrogens is 474 g/mol. The lowest BCUT2D eigenvalue weighted by molar-refractivity contribution is -0.145. The largest absolute Gasteiger partial charge is 0.385 e. The maximum absolute atomic E-state index is 13.4. The normalized spacial score (nSPS) is 21.9. The number of urea groups is 1. The second-order valence-corrected chi connectivity index (χ2v) is 11.3. The fraction of sp³-hybridized carbons (Fsp3) is 0.679. The number of nitrogens with zero attached hydrogens (tertiary/aromatic N) is 1. The molecule has 1 saturated carbocycles. The summed E-state index contributed by atoms with van der Waals surface area (Å²) in [6.07, 6.45) is 7.85. The van der Waals surface area contributed by atoms with Gasteiger partial charge in [0.05, 0.1) is 13.2 Å². The highest BCUT2D eigenvalue weighted by molar-refractivity contribution is 7.17. The van der Waals surface area contributed by atoms with Gasteiger partial charge in [-0.05, 0) is 61.9 Å². The molecule has 0 radical (unpaired) electrons. The van der Waals surface area contributed by atoms with Gasteiger partial charge < -0.3 is 30.1 Å². The average molecular weight is 518 g/mol. The first-order chi connectivity index (χ1) is 17.6. The molecule has 2 fully saturated rings. The summed E-state index contributed by atoms with van der Waals surface area (Å²) in [5.41, 5.74) is -0.292. The molecule has 0 unspecified atom stereocenters. The molecule has 2 amide bonds. The van der Waals surface area contributed by atoms with Crippen molar-refractivity contribution in [1.29, 1.82) is 0 Å². The SMILES string of the molecule is CNC[C@@H](NC(=O)N1CCO[C@@H]([C@@](O)(CCCCOC)c2cccc3ccsc23)C1)C1CCCCC1. The van der Waals surface area contributed by atoms with Crippen LogP contribution in [0.25, 0.3) is 10.1 Å². The smallest absolute Gasteiger partial charge is 0.317 e. The number of likely N-dealkylation sites (N-methyl/N-ethyl adjacent to an activating group) is 1. The third kappa shape index (κ3) is 6.40. The van der Waals surface area contributed by atoms with Crippen LogP contribution in [-0.2, 0) is 15.1 Å². The lowest BCUT2D eigenvalue weighted by Gasteiger charge is -2.43. The van der Waals surface area contributed by atoms with Gasteiger partial charge in [0, 0.05) is 43.1 Å². The molecule has 1 aromatic carbocycles. The van der Waals surface area contributed by atoms with Gasteiger partial charge in [-0.3, -0.25) is 0 Å². The third-order valence-electron chi connectivity index (χ3n) is 7.94. The molecule has 4 rings (SSSR count). The number of hydrogen-bond acceptors (Lipinski definition) is 6. The lowest BCUT2D eigenvalue weighted by Crippen LogP contribution is -2.58. The molecule has 7 nitrogen and oxygen atoms in total. The highest BCUT2D eigenvalue weighted by atomic mass is 32.1. The first kappa shape index (κ1) is 27.3. The van der Waals surface area contributed by atoms with Crippen molar-refractivity contribution in [3.63, 3.8) is 0 Å². The zero-order valence-corrected chi connectivity index (χ0v) is 22.7. The van der Waals surface area contributed by atoms with Crippen molar-refractivity contribution in [2.24, 2.45) is 5.92 Å². The van der Waals surface area contributed by atoms with Gasteiger partial charge in [-0.25, -0.2) is 4.79 Å². The van der Waals surface area contributed by atoms with Gasteiger partial charge in [-0.15, -0.1) is 11.3 Å². The highest BCUT2D eigenvalue weighted by Crippen LogP contribution is 2.40. The first-order valence-corrected chi connectivity index (χ1v) is 14.4. The fourth-order valence-corrected chi connectivity index (χ4v) is 6.90. The molecule has 1 aliphatic heterocycles. The number of amides is 2. The number of carbonyl (C=O) groups is 1. The molecule has 1 saturated heterocycles. The number of morpholine rings is 1. The summed E-state index contributed by atoms with van der Waals surface area (Å²) in [5.74, 6) is 0.515. The summed E-state index contributed by atoms with van der Waals surface area (Å²) in [6.45, 7) is 2.74. The van der Waals surface area contributed by atoms with Crippen LogP contribution in [0, 0.1) is 5.92 Å². The molecule has 36 heavy (non-hydrogen) atoms. The maximum atomic E-state index is 13.4. The number of ether oxygens (including phenoxy) is 2. The van der Waals surface area contributed by atoms with Gasteiger partial charge >= 0.3 is 6.03 Å². The number of rotatable bonds is 11. The molecule has 2 aliphatic rings. The number of methoxy groups -OCH3 is 1. The van der Waals surface area contributed by atoms with Crippen molar-refractivity contribution in [3.8, 4) is 0 Å². The summed E-state index contributed by atoms with van der Waals surface area (Å²) in [6, 6.07) is 8.26. The van der Waals surface area contributed by atoms with Crippen LogP contribution >= 0.6 is 11.3 Å². The molecular formula is C28H43N3O4S. The molecule has 1 aliphatic carbocycles. The highest BCUT2D eigenvalue weighted by Gasteiger charge is 2.43. The molecule has 3 atom stereocenters. The summed E-state index contributed by atoms with van der Waals surface area (Å²) in [5, 5.41) is 22.1. The quantitative estimate of drug-likeness (QED) is 0.383. The number of benzene rings is 1. The number of nitrogens with one attached hydrogen (secondary N) is 2. The van der Waals surface area contributed by atoms with E-state index in [1.54, 1.807) is 18.4 Å². The van der Waals surface area contributed by atoms with Gasteiger partial charge in [-0.2, -0.15) is 0 Å². The van der Waals surface area contributed by atoms with Crippen LogP contribution in [0.1, 0.15) is 56.9 Å². The predicted molar refractivity (Wildman–Crippen MR) is 146 cm³/mol. The molecule has 8 heteroatoms. The van der Waals surface area contributed by atoms with Crippen LogP contribution in [0.2, 0.25) is 0 Å². The Kier molecular flexibility index (Phi) is 10.0. The van der Waals surface area contributed by atoms with Crippen molar-refractivity contribution in [1.82, 2.24) is 15.5 Å². The van der Waals surface area contributed by atoms with Crippen LogP contribution in [0.3, 0.4) is 0 Å². The maximum Gasteiger partial charge on any atom is 0.317 e. The number of fused-ring (bicyclic) bond motifs is 1. The lowest BCUT2D eigenvalue weighted by atomic mass is 9.82. The summed E-state index contributed by atoms with van der Waals surface area (Å²) < 4.78 is 12.5. The minimum Gasteiger partial charge on any atom is -0.385 e. The van der Waals surface area contributed by atoms with Gasteiger partial charge in [0.25, 0.3) is 0 Å². The molecule has 200 valence electrons. The Hall–Kier alpha value is -1.71. The molecule has 0 spiro atoms. The van der Waals surface area contributed by atoms with E-state index in [-0.39, 0.29) is 12.1 Å². The predicted octanol–water partition coefficient (Wildman–Crippen LogP) is 4.48. The Morgan fingerprint density at radius 3 is 2.89 bits per heavy atom. The minimum absolute atomic E-state index is 0.0508. The van der Waals surface area contributed by atoms with Crippen LogP contribution in [-0.4, -0.2) is 75.2 Å². The van der Waals surface area contributed by atoms with E-state index in [1.807, 2.05) is 24.1 Å². The zero-order valence-electron chi connectivity index (χ0n) is 21.8. The fourth-order valence-electron chi connectivity index (χ4n) is 5.91. The van der Waals surface area contributed by atoms with Gasteiger partial charge in [-0.1, -0.05) is 37.5 Å². The Balaban J connectivity index is 1.51. The van der Waals surface area contributed by atoms with Crippen LogP contribution < -0.4 is 10.6 Å². The van der Waals surface area contributed by atoms with Crippen molar-refractivity contribution >= 4 is 27.5 Å². The Labute approximate surface area is 219 Å². The topological polar surface area (TPSA) is 83.1 Å². The van der Waals surface area contributed by atoms with E-state index in [9.17, 15) is 9.90 Å². The van der Waals surface area contributed by atoms with Crippen LogP contribution in [0.5, 0.6) is 0 Å². The van der Waals surface area contributed by atoms with E-state index in [1.165, 1.54) is 32.1 Å². The Bertz CT molecular complexity index is 963. The van der Waals surface area contributed by atoms with E-state index in [0.29, 0.717) is 38.6 Å². The summed E-state index contributed by atoms with van der Waals surface area (Å²) >= 11 is 1.65. The second-order valence-electron chi connectivity index (χ2n) is 10.3. The molecule has 2 aromatic rings. The van der Waals surface area contributed by atoms with Crippen molar-refractivity contribution < 1.29 is 19.4 Å². The Morgan fingerprint density at radius 2 is 2.11 bits per heavy atom. The third-order valence-corrected chi connectivity index (χ3v) is 8.90. The molecule has 3 N–H and O–H groups in total. The molecule has 0 bridgehead atoms. The summed E-state index contributed by atoms with van der Waals surface area (Å²) in [7, 11) is 3.65. The van der Waals surface area contributed by atoms with E-state index < -0.39 is 11.7 Å². The van der Waals surface area contributed by atoms with E-state index in [2.05, 4.69) is 28.1 Å². The van der Waals surface area contributed by atoms with Gasteiger partial charge in [0.2, 0.25) is 0 Å². The number of thiophene rings is 1. The average Bonchev–Trinajstić information content (AvgIpc) is 3.40. The van der Waals surface area contributed by atoms with Crippen molar-refractivity contribution in [2.45, 2.75) is 69.1 Å². The second kappa shape index (κ2) is 13.2. The van der Waals surface area contributed by atoms with Gasteiger partial charge in [0.15, 0.2) is 0 Å². The summed E-state index contributed by atoms with van der Waals surface area (Å²) in [4.78, 5) is 15.3. The number of hydrogen-bond donors (Lipinski definition) is 3. The molecule has 1 aromatic heterocycles. The monoisotopic (exact) mass is 517 g/mol. The van der Waals surface area contributed by atoms with E-state index in [0.717, 1.165) is 35.0 Å². The molecule has 2 heterocycles. The minimum atomic E-state index is -1.19. The number of unbranched alkanes of at least 4 members (excludes halogenated alkanes) is 1. The van der Waals surface area contributed by atoms with Crippen LogP contribution in [0.15, 0.2) is 29.6 Å². The number of aliphatic hydroxyl groups is 1. The standard InChI is InChI=1S/C28H43N3O4S/c1-29-19-24(21-9-4-3-5-10-21)30-27(32)31-15-17-35-25(20-31)28(33,14-6-7-16-34-2)23-12-8-11-22-13-18-36-26(22)23/h8,11-13,18,21,24-25,29,33H,3-7,9-10,14-17,19-20H2,1-2H3,(H,30,32)/t24-,25-,28-/m1/s1. The first-order valence-electron chi connectivity index (χ1n) is 13.6. The van der Waals surface area contributed by atoms with Gasteiger partial charge in [0.1, 0.15) is 11.7 Å². The van der Waals surface area contributed by atoms with Crippen molar-refractivity contribution in [2.75, 3.05) is 47.0 Å².